The summed E-state index contributed by atoms with van der Waals surface area (Å²) < 4.78 is 7.10. The molecule has 2 saturated heterocycles. The van der Waals surface area contributed by atoms with Gasteiger partial charge in [0.05, 0.1) is 18.1 Å². The maximum absolute atomic E-state index is 12.7. The Hall–Kier alpha value is -1.79. The summed E-state index contributed by atoms with van der Waals surface area (Å²) >= 11 is 6.12. The molecule has 2 fully saturated rings. The van der Waals surface area contributed by atoms with Crippen LogP contribution in [0.2, 0.25) is 5.02 Å². The van der Waals surface area contributed by atoms with Crippen molar-refractivity contribution in [2.24, 2.45) is 0 Å². The first-order chi connectivity index (χ1) is 13.1. The van der Waals surface area contributed by atoms with Crippen LogP contribution in [0.1, 0.15) is 44.6 Å². The highest BCUT2D eigenvalue weighted by Gasteiger charge is 2.27. The summed E-state index contributed by atoms with van der Waals surface area (Å²) in [6, 6.07) is 5.25. The van der Waals surface area contributed by atoms with Crippen molar-refractivity contribution in [1.82, 2.24) is 14.4 Å². The second kappa shape index (κ2) is 8.07. The van der Waals surface area contributed by atoms with Crippen LogP contribution in [0.5, 0.6) is 0 Å². The second-order valence-corrected chi connectivity index (χ2v) is 8.11. The molecule has 0 bridgehead atoms. The quantitative estimate of drug-likeness (QED) is 0.805. The lowest BCUT2D eigenvalue weighted by Gasteiger charge is -2.34. The van der Waals surface area contributed by atoms with Crippen LogP contribution in [0.15, 0.2) is 27.4 Å². The molecule has 3 heterocycles. The number of piperidine rings is 1. The number of amides is 1. The summed E-state index contributed by atoms with van der Waals surface area (Å²) in [6.45, 7) is 3.75. The summed E-state index contributed by atoms with van der Waals surface area (Å²) in [4.78, 5) is 29.3. The third-order valence-electron chi connectivity index (χ3n) is 5.74. The van der Waals surface area contributed by atoms with E-state index in [4.69, 9.17) is 16.0 Å². The highest BCUT2D eigenvalue weighted by atomic mass is 35.5. The first-order valence-electron chi connectivity index (χ1n) is 9.92. The first kappa shape index (κ1) is 18.6. The molecule has 0 saturated carbocycles. The van der Waals surface area contributed by atoms with Gasteiger partial charge in [-0.25, -0.2) is 4.79 Å². The molecule has 27 heavy (non-hydrogen) atoms. The Morgan fingerprint density at radius 2 is 1.89 bits per heavy atom. The molecule has 1 atom stereocenters. The Balaban J connectivity index is 1.48. The summed E-state index contributed by atoms with van der Waals surface area (Å²) in [5.41, 5.74) is 1.29. The Morgan fingerprint density at radius 3 is 2.67 bits per heavy atom. The zero-order chi connectivity index (χ0) is 18.8. The first-order valence-corrected chi connectivity index (χ1v) is 10.3. The van der Waals surface area contributed by atoms with Gasteiger partial charge in [0.25, 0.3) is 0 Å². The fourth-order valence-electron chi connectivity index (χ4n) is 4.35. The van der Waals surface area contributed by atoms with Crippen molar-refractivity contribution in [2.45, 2.75) is 44.6 Å². The SMILES string of the molecule is O=C(CN1CCCC(n2c(=O)oc3ccc(Cl)cc32)C1)N1CCCCCC1. The third-order valence-corrected chi connectivity index (χ3v) is 5.97. The average Bonchev–Trinajstić information content (AvgIpc) is 2.83. The molecular weight excluding hydrogens is 366 g/mol. The molecule has 4 rings (SSSR count). The molecule has 6 nitrogen and oxygen atoms in total. The maximum atomic E-state index is 12.7. The van der Waals surface area contributed by atoms with Crippen molar-refractivity contribution in [3.63, 3.8) is 0 Å². The van der Waals surface area contributed by atoms with Crippen LogP contribution in [-0.2, 0) is 4.79 Å². The summed E-state index contributed by atoms with van der Waals surface area (Å²) in [6.07, 6.45) is 6.49. The lowest BCUT2D eigenvalue weighted by Crippen LogP contribution is -2.45. The van der Waals surface area contributed by atoms with Crippen LogP contribution < -0.4 is 5.76 Å². The van der Waals surface area contributed by atoms with E-state index in [9.17, 15) is 9.59 Å². The summed E-state index contributed by atoms with van der Waals surface area (Å²) in [5.74, 6) is -0.136. The van der Waals surface area contributed by atoms with E-state index in [1.165, 1.54) is 12.8 Å². The van der Waals surface area contributed by atoms with Crippen LogP contribution in [0.25, 0.3) is 11.1 Å². The normalized spacial score (nSPS) is 22.1. The van der Waals surface area contributed by atoms with E-state index in [-0.39, 0.29) is 17.7 Å². The van der Waals surface area contributed by atoms with E-state index in [1.54, 1.807) is 22.8 Å². The molecule has 1 aromatic carbocycles. The fraction of sp³-hybridized carbons (Fsp3) is 0.600. The standard InChI is InChI=1S/C20H26ClN3O3/c21-15-7-8-18-17(12-15)24(20(26)27-18)16-6-5-9-22(13-16)14-19(25)23-10-3-1-2-4-11-23/h7-8,12,16H,1-6,9-11,13-14H2. The van der Waals surface area contributed by atoms with E-state index < -0.39 is 0 Å². The number of halogens is 1. The number of aromatic nitrogens is 1. The van der Waals surface area contributed by atoms with Crippen molar-refractivity contribution in [1.29, 1.82) is 0 Å². The minimum Gasteiger partial charge on any atom is -0.408 e. The second-order valence-electron chi connectivity index (χ2n) is 7.68. The van der Waals surface area contributed by atoms with Crippen molar-refractivity contribution < 1.29 is 9.21 Å². The number of carbonyl (C=O) groups excluding carboxylic acids is 1. The number of rotatable bonds is 3. The number of oxazole rings is 1. The molecule has 0 spiro atoms. The number of fused-ring (bicyclic) bond motifs is 1. The highest BCUT2D eigenvalue weighted by Crippen LogP contribution is 2.26. The van der Waals surface area contributed by atoms with E-state index in [2.05, 4.69) is 4.90 Å². The number of hydrogen-bond acceptors (Lipinski definition) is 4. The van der Waals surface area contributed by atoms with Crippen molar-refractivity contribution in [2.75, 3.05) is 32.7 Å². The molecule has 2 aromatic rings. The molecule has 1 unspecified atom stereocenters. The van der Waals surface area contributed by atoms with Gasteiger partial charge in [-0.2, -0.15) is 0 Å². The largest absolute Gasteiger partial charge is 0.420 e. The zero-order valence-electron chi connectivity index (χ0n) is 15.5. The van der Waals surface area contributed by atoms with Gasteiger partial charge in [0, 0.05) is 24.7 Å². The minimum absolute atomic E-state index is 0.00269. The van der Waals surface area contributed by atoms with Gasteiger partial charge >= 0.3 is 5.76 Å². The van der Waals surface area contributed by atoms with Gasteiger partial charge in [-0.05, 0) is 50.4 Å². The van der Waals surface area contributed by atoms with E-state index >= 15 is 0 Å². The average molecular weight is 392 g/mol. The molecule has 1 amide bonds. The van der Waals surface area contributed by atoms with E-state index in [0.717, 1.165) is 50.8 Å². The lowest BCUT2D eigenvalue weighted by atomic mass is 10.1. The molecule has 0 radical (unpaired) electrons. The van der Waals surface area contributed by atoms with Gasteiger partial charge in [0.2, 0.25) is 5.91 Å². The number of carbonyl (C=O) groups is 1. The van der Waals surface area contributed by atoms with Gasteiger partial charge in [0.1, 0.15) is 0 Å². The molecule has 7 heteroatoms. The predicted molar refractivity (Wildman–Crippen MR) is 105 cm³/mol. The number of likely N-dealkylation sites (tertiary alicyclic amines) is 2. The number of nitrogens with zero attached hydrogens (tertiary/aromatic N) is 3. The Kier molecular flexibility index (Phi) is 5.55. The topological polar surface area (TPSA) is 58.7 Å². The van der Waals surface area contributed by atoms with Gasteiger partial charge in [-0.1, -0.05) is 24.4 Å². The highest BCUT2D eigenvalue weighted by molar-refractivity contribution is 6.31. The third kappa shape index (κ3) is 4.06. The van der Waals surface area contributed by atoms with Gasteiger partial charge in [0.15, 0.2) is 5.58 Å². The lowest BCUT2D eigenvalue weighted by molar-refractivity contribution is -0.132. The Labute approximate surface area is 163 Å². The van der Waals surface area contributed by atoms with Crippen molar-refractivity contribution in [3.8, 4) is 0 Å². The number of hydrogen-bond donors (Lipinski definition) is 0. The Bertz CT molecular complexity index is 867. The summed E-state index contributed by atoms with van der Waals surface area (Å²) in [5, 5.41) is 0.584. The molecule has 146 valence electrons. The monoisotopic (exact) mass is 391 g/mol. The van der Waals surface area contributed by atoms with Crippen LogP contribution in [0.4, 0.5) is 0 Å². The van der Waals surface area contributed by atoms with Crippen LogP contribution in [-0.4, -0.2) is 53.0 Å². The minimum atomic E-state index is -0.349. The smallest absolute Gasteiger partial charge is 0.408 e. The zero-order valence-corrected chi connectivity index (χ0v) is 16.3. The van der Waals surface area contributed by atoms with Gasteiger partial charge < -0.3 is 9.32 Å². The Morgan fingerprint density at radius 1 is 1.11 bits per heavy atom. The molecular formula is C20H26ClN3O3. The van der Waals surface area contributed by atoms with Crippen molar-refractivity contribution in [3.05, 3.63) is 33.8 Å². The molecule has 0 N–H and O–H groups in total. The van der Waals surface area contributed by atoms with Gasteiger partial charge in [-0.3, -0.25) is 14.3 Å². The van der Waals surface area contributed by atoms with Gasteiger partial charge in [-0.15, -0.1) is 0 Å². The van der Waals surface area contributed by atoms with Crippen LogP contribution in [0.3, 0.4) is 0 Å². The van der Waals surface area contributed by atoms with Crippen molar-refractivity contribution >= 4 is 28.6 Å². The fourth-order valence-corrected chi connectivity index (χ4v) is 4.52. The molecule has 1 aromatic heterocycles. The molecule has 0 aliphatic carbocycles. The number of benzene rings is 1. The molecule has 2 aliphatic heterocycles. The predicted octanol–water partition coefficient (Wildman–Crippen LogP) is 3.29. The van der Waals surface area contributed by atoms with E-state index in [0.29, 0.717) is 23.7 Å². The van der Waals surface area contributed by atoms with E-state index in [1.807, 2.05) is 4.90 Å². The van der Waals surface area contributed by atoms with Crippen LogP contribution >= 0.6 is 11.6 Å². The summed E-state index contributed by atoms with van der Waals surface area (Å²) in [7, 11) is 0. The maximum Gasteiger partial charge on any atom is 0.420 e. The van der Waals surface area contributed by atoms with Crippen LogP contribution in [0, 0.1) is 0 Å². The molecule has 2 aliphatic rings.